The van der Waals surface area contributed by atoms with Crippen LogP contribution in [-0.2, 0) is 16.1 Å². The van der Waals surface area contributed by atoms with E-state index in [1.807, 2.05) is 51.4 Å². The lowest BCUT2D eigenvalue weighted by Gasteiger charge is -2.24. The lowest BCUT2D eigenvalue weighted by molar-refractivity contribution is -0.134. The van der Waals surface area contributed by atoms with Crippen molar-refractivity contribution in [3.05, 3.63) is 126 Å². The van der Waals surface area contributed by atoms with Crippen LogP contribution in [0.3, 0.4) is 0 Å². The van der Waals surface area contributed by atoms with Crippen LogP contribution in [0.1, 0.15) is 22.8 Å². The molecule has 3 aromatic rings. The maximum absolute atomic E-state index is 13.6. The van der Waals surface area contributed by atoms with E-state index in [1.165, 1.54) is 19.4 Å². The van der Waals surface area contributed by atoms with E-state index in [-0.39, 0.29) is 5.91 Å². The fourth-order valence-electron chi connectivity index (χ4n) is 3.78. The van der Waals surface area contributed by atoms with Gasteiger partial charge in [0.25, 0.3) is 5.91 Å². The van der Waals surface area contributed by atoms with Gasteiger partial charge in [0.15, 0.2) is 0 Å². The van der Waals surface area contributed by atoms with Crippen molar-refractivity contribution < 1.29 is 14.3 Å². The molecule has 194 valence electrons. The molecule has 0 fully saturated rings. The summed E-state index contributed by atoms with van der Waals surface area (Å²) < 4.78 is 4.67. The number of allylic oxidation sites excluding steroid dienone is 3. The van der Waals surface area contributed by atoms with Crippen LogP contribution in [-0.4, -0.2) is 44.7 Å². The number of carbonyl (C=O) groups is 2. The van der Waals surface area contributed by atoms with Crippen molar-refractivity contribution in [3.63, 3.8) is 0 Å². The summed E-state index contributed by atoms with van der Waals surface area (Å²) in [6.45, 7) is 5.74. The Morgan fingerprint density at radius 1 is 0.895 bits per heavy atom. The second-order valence-corrected chi connectivity index (χ2v) is 8.88. The van der Waals surface area contributed by atoms with Crippen LogP contribution in [0, 0.1) is 0 Å². The highest BCUT2D eigenvalue weighted by Gasteiger charge is 2.19. The van der Waals surface area contributed by atoms with E-state index in [9.17, 15) is 9.59 Å². The van der Waals surface area contributed by atoms with Gasteiger partial charge >= 0.3 is 5.97 Å². The number of nitrogens with zero attached hydrogens (tertiary/aromatic N) is 3. The Bertz CT molecular complexity index is 1340. The van der Waals surface area contributed by atoms with Crippen LogP contribution in [0.2, 0.25) is 0 Å². The summed E-state index contributed by atoms with van der Waals surface area (Å²) in [5, 5.41) is 0. The van der Waals surface area contributed by atoms with Crippen molar-refractivity contribution in [1.29, 1.82) is 0 Å². The Labute approximate surface area is 224 Å². The smallest absolute Gasteiger partial charge is 0.330 e. The highest BCUT2D eigenvalue weighted by Crippen LogP contribution is 2.25. The van der Waals surface area contributed by atoms with E-state index in [2.05, 4.69) is 57.7 Å². The normalized spacial score (nSPS) is 11.8. The molecule has 0 spiro atoms. The Balaban J connectivity index is 1.93. The predicted octanol–water partition coefficient (Wildman–Crippen LogP) is 6.28. The average molecular weight is 508 g/mol. The van der Waals surface area contributed by atoms with Crippen molar-refractivity contribution in [3.8, 4) is 11.1 Å². The Kier molecular flexibility index (Phi) is 9.94. The van der Waals surface area contributed by atoms with Gasteiger partial charge in [-0.3, -0.25) is 9.79 Å². The first kappa shape index (κ1) is 27.9. The van der Waals surface area contributed by atoms with Gasteiger partial charge in [-0.2, -0.15) is 0 Å². The first-order chi connectivity index (χ1) is 18.3. The summed E-state index contributed by atoms with van der Waals surface area (Å²) in [5.74, 6) is -0.636. The Morgan fingerprint density at radius 2 is 1.50 bits per heavy atom. The third kappa shape index (κ3) is 7.64. The number of benzene rings is 3. The van der Waals surface area contributed by atoms with Gasteiger partial charge in [-0.15, -0.1) is 0 Å². The summed E-state index contributed by atoms with van der Waals surface area (Å²) in [6.07, 6.45) is 6.29. The van der Waals surface area contributed by atoms with Gasteiger partial charge in [0.2, 0.25) is 0 Å². The second kappa shape index (κ2) is 13.6. The van der Waals surface area contributed by atoms with Crippen molar-refractivity contribution in [2.75, 3.05) is 26.1 Å². The van der Waals surface area contributed by atoms with Crippen LogP contribution in [0.5, 0.6) is 0 Å². The van der Waals surface area contributed by atoms with Crippen molar-refractivity contribution in [2.45, 2.75) is 13.5 Å². The van der Waals surface area contributed by atoms with Crippen LogP contribution >= 0.6 is 0 Å². The molecule has 0 atom stereocenters. The molecular weight excluding hydrogens is 474 g/mol. The van der Waals surface area contributed by atoms with E-state index >= 15 is 0 Å². The number of esters is 1. The molecule has 0 bridgehead atoms. The zero-order chi connectivity index (χ0) is 27.5. The summed E-state index contributed by atoms with van der Waals surface area (Å²) >= 11 is 0. The van der Waals surface area contributed by atoms with Gasteiger partial charge in [0.05, 0.1) is 19.4 Å². The predicted molar refractivity (Wildman–Crippen MR) is 155 cm³/mol. The van der Waals surface area contributed by atoms with Gasteiger partial charge in [0.1, 0.15) is 0 Å². The highest BCUT2D eigenvalue weighted by molar-refractivity contribution is 5.95. The largest absolute Gasteiger partial charge is 0.466 e. The number of ether oxygens (including phenoxy) is 1. The van der Waals surface area contributed by atoms with Crippen molar-refractivity contribution in [1.82, 2.24) is 4.90 Å². The molecular formula is C32H33N3O3. The van der Waals surface area contributed by atoms with E-state index < -0.39 is 5.97 Å². The standard InChI is InChI=1S/C32H33N3O3/c1-24(11-20-31(36)38-5)21-30(22-33-2)35(32(37)28-9-7-6-8-10-28)23-25-12-14-26(15-13-25)27-16-18-29(19-17-27)34(3)4/h6-22H,2,23H2,1,3-5H3/b20-11+,24-21+,30-22+. The lowest BCUT2D eigenvalue weighted by Crippen LogP contribution is -2.29. The number of aliphatic imine (C=N–C) groups is 1. The minimum absolute atomic E-state index is 0.176. The highest BCUT2D eigenvalue weighted by atomic mass is 16.5. The molecule has 3 aromatic carbocycles. The van der Waals surface area contributed by atoms with Gasteiger partial charge in [-0.1, -0.05) is 60.7 Å². The average Bonchev–Trinajstić information content (AvgIpc) is 2.95. The number of amides is 1. The molecule has 0 saturated carbocycles. The number of hydrogen-bond donors (Lipinski definition) is 0. The van der Waals surface area contributed by atoms with Gasteiger partial charge in [-0.25, -0.2) is 4.79 Å². The van der Waals surface area contributed by atoms with Crippen LogP contribution in [0.4, 0.5) is 5.69 Å². The van der Waals surface area contributed by atoms with Crippen molar-refractivity contribution >= 4 is 24.3 Å². The number of carbonyl (C=O) groups excluding carboxylic acids is 2. The molecule has 0 radical (unpaired) electrons. The third-order valence-corrected chi connectivity index (χ3v) is 5.87. The summed E-state index contributed by atoms with van der Waals surface area (Å²) in [4.78, 5) is 32.8. The zero-order valence-corrected chi connectivity index (χ0v) is 22.3. The van der Waals surface area contributed by atoms with Gasteiger partial charge in [0, 0.05) is 37.6 Å². The van der Waals surface area contributed by atoms with Crippen LogP contribution < -0.4 is 4.90 Å². The first-order valence-electron chi connectivity index (χ1n) is 12.2. The third-order valence-electron chi connectivity index (χ3n) is 5.87. The number of rotatable bonds is 10. The molecule has 0 saturated heterocycles. The molecule has 3 rings (SSSR count). The Hall–Kier alpha value is -4.71. The molecule has 38 heavy (non-hydrogen) atoms. The molecule has 0 N–H and O–H groups in total. The molecule has 0 aromatic heterocycles. The summed E-state index contributed by atoms with van der Waals surface area (Å²) in [7, 11) is 5.36. The maximum Gasteiger partial charge on any atom is 0.330 e. The second-order valence-electron chi connectivity index (χ2n) is 8.88. The van der Waals surface area contributed by atoms with Crippen molar-refractivity contribution in [2.24, 2.45) is 4.99 Å². The monoisotopic (exact) mass is 507 g/mol. The van der Waals surface area contributed by atoms with Gasteiger partial charge < -0.3 is 14.5 Å². The SMILES string of the molecule is C=N\C=C(/C=C(C)/C=C/C(=O)OC)N(Cc1ccc(-c2ccc(N(C)C)cc2)cc1)C(=O)c1ccccc1. The molecule has 6 nitrogen and oxygen atoms in total. The molecule has 0 aliphatic rings. The Morgan fingerprint density at radius 3 is 2.05 bits per heavy atom. The lowest BCUT2D eigenvalue weighted by atomic mass is 10.0. The molecule has 0 aliphatic heterocycles. The fourth-order valence-corrected chi connectivity index (χ4v) is 3.78. The zero-order valence-electron chi connectivity index (χ0n) is 22.3. The van der Waals surface area contributed by atoms with E-state index in [1.54, 1.807) is 29.2 Å². The first-order valence-corrected chi connectivity index (χ1v) is 12.2. The minimum atomic E-state index is -0.459. The summed E-state index contributed by atoms with van der Waals surface area (Å²) in [5.41, 5.74) is 6.14. The molecule has 0 unspecified atom stereocenters. The van der Waals surface area contributed by atoms with Gasteiger partial charge in [-0.05, 0) is 66.2 Å². The number of hydrogen-bond acceptors (Lipinski definition) is 5. The minimum Gasteiger partial charge on any atom is -0.466 e. The quantitative estimate of drug-likeness (QED) is 0.140. The fraction of sp³-hybridized carbons (Fsp3) is 0.156. The molecule has 6 heteroatoms. The van der Waals surface area contributed by atoms with E-state index in [0.717, 1.165) is 28.0 Å². The van der Waals surface area contributed by atoms with Crippen LogP contribution in [0.25, 0.3) is 11.1 Å². The maximum atomic E-state index is 13.6. The molecule has 0 heterocycles. The molecule has 0 aliphatic carbocycles. The molecule has 1 amide bonds. The van der Waals surface area contributed by atoms with Crippen LogP contribution in [0.15, 0.2) is 120 Å². The van der Waals surface area contributed by atoms with E-state index in [0.29, 0.717) is 17.8 Å². The topological polar surface area (TPSA) is 62.2 Å². The number of methoxy groups -OCH3 is 1. The summed E-state index contributed by atoms with van der Waals surface area (Å²) in [6, 6.07) is 25.6. The van der Waals surface area contributed by atoms with E-state index in [4.69, 9.17) is 0 Å². The number of anilines is 1.